The van der Waals surface area contributed by atoms with Crippen molar-refractivity contribution in [3.05, 3.63) is 77.4 Å². The van der Waals surface area contributed by atoms with Crippen LogP contribution in [0.15, 0.2) is 60.7 Å². The molecule has 4 atom stereocenters. The van der Waals surface area contributed by atoms with Gasteiger partial charge in [0.1, 0.15) is 5.75 Å². The van der Waals surface area contributed by atoms with E-state index < -0.39 is 29.7 Å². The van der Waals surface area contributed by atoms with Gasteiger partial charge in [-0.1, -0.05) is 13.0 Å². The molecule has 3 N–H and O–H groups in total. The van der Waals surface area contributed by atoms with Crippen LogP contribution >= 0.6 is 0 Å². The van der Waals surface area contributed by atoms with E-state index in [-0.39, 0.29) is 55.0 Å². The number of fused-ring (bicyclic) bond motifs is 2. The van der Waals surface area contributed by atoms with Gasteiger partial charge in [-0.05, 0) is 100 Å². The number of nitrogens with one attached hydrogen (secondary N) is 2. The molecule has 2 aliphatic rings. The van der Waals surface area contributed by atoms with Crippen LogP contribution < -0.4 is 24.8 Å². The largest absolute Gasteiger partial charge is 0.490 e. The molecule has 0 spiro atoms. The van der Waals surface area contributed by atoms with Gasteiger partial charge in [-0.15, -0.1) is 0 Å². The second-order valence-electron chi connectivity index (χ2n) is 13.5. The number of rotatable bonds is 8. The average molecular weight is 729 g/mol. The summed E-state index contributed by atoms with van der Waals surface area (Å²) in [6, 6.07) is 13.4. The van der Waals surface area contributed by atoms with Crippen molar-refractivity contribution in [1.82, 2.24) is 9.80 Å². The highest BCUT2D eigenvalue weighted by atomic mass is 19.4. The van der Waals surface area contributed by atoms with Crippen LogP contribution in [0.2, 0.25) is 0 Å². The molecule has 0 saturated carbocycles. The zero-order valence-electron chi connectivity index (χ0n) is 29.9. The van der Waals surface area contributed by atoms with Gasteiger partial charge < -0.3 is 39.6 Å². The Kier molecular flexibility index (Phi) is 12.9. The fourth-order valence-corrected chi connectivity index (χ4v) is 6.22. The maximum absolute atomic E-state index is 14.4. The number of halogens is 3. The van der Waals surface area contributed by atoms with Crippen molar-refractivity contribution < 1.29 is 46.8 Å². The summed E-state index contributed by atoms with van der Waals surface area (Å²) in [6.45, 7) is 7.68. The van der Waals surface area contributed by atoms with Crippen LogP contribution in [-0.4, -0.2) is 85.2 Å². The number of anilines is 2. The van der Waals surface area contributed by atoms with Crippen molar-refractivity contribution in [2.24, 2.45) is 5.92 Å². The van der Waals surface area contributed by atoms with Crippen LogP contribution in [0.5, 0.6) is 17.2 Å². The molecule has 52 heavy (non-hydrogen) atoms. The minimum Gasteiger partial charge on any atom is -0.490 e. The molecule has 5 rings (SSSR count). The highest BCUT2D eigenvalue weighted by Gasteiger charge is 2.32. The number of likely N-dealkylation sites (N-methyl/N-ethyl adjacent to an activating group) is 1. The first-order chi connectivity index (χ1) is 24.8. The van der Waals surface area contributed by atoms with Crippen LogP contribution in [0.3, 0.4) is 0 Å². The van der Waals surface area contributed by atoms with Crippen LogP contribution in [-0.2, 0) is 17.5 Å². The lowest BCUT2D eigenvalue weighted by Gasteiger charge is -2.36. The molecular weight excluding hydrogens is 681 g/mol. The normalized spacial score (nSPS) is 20.4. The summed E-state index contributed by atoms with van der Waals surface area (Å²) in [5, 5.41) is 15.4. The fraction of sp³-hybridized carbons (Fsp3) is 0.474. The van der Waals surface area contributed by atoms with Crippen molar-refractivity contribution in [3.8, 4) is 17.2 Å². The second kappa shape index (κ2) is 17.3. The summed E-state index contributed by atoms with van der Waals surface area (Å²) < 4.78 is 62.7. The first-order valence-electron chi connectivity index (χ1n) is 17.5. The van der Waals surface area contributed by atoms with Gasteiger partial charge in [0.05, 0.1) is 36.0 Å². The van der Waals surface area contributed by atoms with Crippen LogP contribution in [0.25, 0.3) is 0 Å². The van der Waals surface area contributed by atoms with E-state index in [1.807, 2.05) is 39.1 Å². The number of urea groups is 1. The minimum absolute atomic E-state index is 0.140. The standard InChI is InChI=1S/C38H47F3N4O7/c1-24-19-45(25(2)22-46)36(47)31-18-30(43-37(48)42-29-11-9-28(10-12-29)38(39,40)41)13-15-32(31)52-26(3)7-5-6-16-49-35(24)21-44(4)20-27-8-14-33-34(17-27)51-23-50-33/h8-15,17-18,24-26,35,46H,5-7,16,19-23H2,1-4H3,(H2,42,43,48)/t24-,25-,26+,35-/m1/s1. The molecular formula is C38H47F3N4O7. The Morgan fingerprint density at radius 1 is 0.981 bits per heavy atom. The number of hydrogen-bond donors (Lipinski definition) is 3. The van der Waals surface area contributed by atoms with E-state index in [0.29, 0.717) is 31.9 Å². The Hall–Kier alpha value is -4.53. The SMILES string of the molecule is C[C@@H]1CN([C@H](C)CO)C(=O)c2cc(NC(=O)Nc3ccc(C(F)(F)F)cc3)ccc2O[C@@H](C)CCCCO[C@@H]1CN(C)Cc1ccc2c(c1)OCO2. The molecule has 0 aromatic heterocycles. The van der Waals surface area contributed by atoms with Gasteiger partial charge in [-0.25, -0.2) is 4.79 Å². The number of aliphatic hydroxyl groups excluding tert-OH is 1. The molecule has 3 aromatic carbocycles. The highest BCUT2D eigenvalue weighted by Crippen LogP contribution is 2.34. The summed E-state index contributed by atoms with van der Waals surface area (Å²) >= 11 is 0. The zero-order chi connectivity index (χ0) is 37.4. The number of alkyl halides is 3. The third-order valence-electron chi connectivity index (χ3n) is 9.16. The van der Waals surface area contributed by atoms with Crippen molar-refractivity contribution in [3.63, 3.8) is 0 Å². The van der Waals surface area contributed by atoms with Gasteiger partial charge in [0, 0.05) is 43.5 Å². The van der Waals surface area contributed by atoms with E-state index in [0.717, 1.165) is 54.2 Å². The number of carbonyl (C=O) groups excluding carboxylic acids is 2. The lowest BCUT2D eigenvalue weighted by molar-refractivity contribution is -0.137. The Balaban J connectivity index is 1.34. The molecule has 0 saturated heterocycles. The maximum atomic E-state index is 14.4. The monoisotopic (exact) mass is 728 g/mol. The topological polar surface area (TPSA) is 122 Å². The molecule has 11 nitrogen and oxygen atoms in total. The predicted octanol–water partition coefficient (Wildman–Crippen LogP) is 7.01. The highest BCUT2D eigenvalue weighted by molar-refractivity contribution is 6.02. The Morgan fingerprint density at radius 3 is 2.40 bits per heavy atom. The minimum atomic E-state index is -4.50. The number of benzene rings is 3. The van der Waals surface area contributed by atoms with Gasteiger partial charge >= 0.3 is 12.2 Å². The average Bonchev–Trinajstić information content (AvgIpc) is 3.57. The summed E-state index contributed by atoms with van der Waals surface area (Å²) in [6.07, 6.45) is -2.59. The third-order valence-corrected chi connectivity index (χ3v) is 9.16. The summed E-state index contributed by atoms with van der Waals surface area (Å²) in [4.78, 5) is 31.0. The van der Waals surface area contributed by atoms with Gasteiger partial charge in [0.2, 0.25) is 6.79 Å². The molecule has 0 bridgehead atoms. The molecule has 282 valence electrons. The molecule has 0 fully saturated rings. The van der Waals surface area contributed by atoms with Crippen LogP contribution in [0.1, 0.15) is 61.5 Å². The van der Waals surface area contributed by atoms with Gasteiger partial charge in [-0.3, -0.25) is 9.69 Å². The maximum Gasteiger partial charge on any atom is 0.416 e. The molecule has 0 radical (unpaired) electrons. The quantitative estimate of drug-likeness (QED) is 0.227. The first kappa shape index (κ1) is 38.7. The lowest BCUT2D eigenvalue weighted by Crippen LogP contribution is -2.47. The summed E-state index contributed by atoms with van der Waals surface area (Å²) in [7, 11) is 2.02. The van der Waals surface area contributed by atoms with E-state index >= 15 is 0 Å². The number of ether oxygens (including phenoxy) is 4. The smallest absolute Gasteiger partial charge is 0.416 e. The van der Waals surface area contributed by atoms with Crippen molar-refractivity contribution >= 4 is 23.3 Å². The van der Waals surface area contributed by atoms with E-state index in [1.165, 1.54) is 6.07 Å². The van der Waals surface area contributed by atoms with Crippen LogP contribution in [0, 0.1) is 5.92 Å². The summed E-state index contributed by atoms with van der Waals surface area (Å²) in [5.41, 5.74) is 0.854. The first-order valence-corrected chi connectivity index (χ1v) is 17.5. The molecule has 14 heteroatoms. The number of nitrogens with zero attached hydrogens (tertiary/aromatic N) is 2. The fourth-order valence-electron chi connectivity index (χ4n) is 6.22. The van der Waals surface area contributed by atoms with Crippen molar-refractivity contribution in [2.75, 3.05) is 50.8 Å². The van der Waals surface area contributed by atoms with Crippen molar-refractivity contribution in [2.45, 2.75) is 71.0 Å². The summed E-state index contributed by atoms with van der Waals surface area (Å²) in [5.74, 6) is 1.24. The molecule has 0 aliphatic carbocycles. The molecule has 2 aliphatic heterocycles. The molecule has 2 heterocycles. The number of amides is 3. The van der Waals surface area contributed by atoms with Crippen molar-refractivity contribution in [1.29, 1.82) is 0 Å². The number of hydrogen-bond acceptors (Lipinski definition) is 8. The zero-order valence-corrected chi connectivity index (χ0v) is 29.9. The van der Waals surface area contributed by atoms with Gasteiger partial charge in [-0.2, -0.15) is 13.2 Å². The number of carbonyl (C=O) groups is 2. The van der Waals surface area contributed by atoms with E-state index in [4.69, 9.17) is 18.9 Å². The Bertz CT molecular complexity index is 1670. The second-order valence-corrected chi connectivity index (χ2v) is 13.5. The van der Waals surface area contributed by atoms with E-state index in [1.54, 1.807) is 24.0 Å². The Labute approximate surface area is 302 Å². The molecule has 0 unspecified atom stereocenters. The predicted molar refractivity (Wildman–Crippen MR) is 190 cm³/mol. The Morgan fingerprint density at radius 2 is 1.67 bits per heavy atom. The molecule has 3 aromatic rings. The van der Waals surface area contributed by atoms with Gasteiger partial charge in [0.25, 0.3) is 5.91 Å². The third kappa shape index (κ3) is 10.3. The van der Waals surface area contributed by atoms with Crippen LogP contribution in [0.4, 0.5) is 29.3 Å². The lowest BCUT2D eigenvalue weighted by atomic mass is 10.0. The van der Waals surface area contributed by atoms with E-state index in [2.05, 4.69) is 15.5 Å². The number of aliphatic hydroxyl groups is 1. The van der Waals surface area contributed by atoms with Gasteiger partial charge in [0.15, 0.2) is 11.5 Å². The van der Waals surface area contributed by atoms with E-state index in [9.17, 15) is 27.9 Å². The molecule has 3 amide bonds.